The highest BCUT2D eigenvalue weighted by atomic mass is 19.4. The molecule has 0 saturated carbocycles. The predicted octanol–water partition coefficient (Wildman–Crippen LogP) is 6.54. The average Bonchev–Trinajstić information content (AvgIpc) is 3.29. The van der Waals surface area contributed by atoms with Crippen LogP contribution in [0.25, 0.3) is 0 Å². The molecule has 0 spiro atoms. The molecule has 1 aliphatic rings. The number of cyclic esters (lactones) is 2. The predicted molar refractivity (Wildman–Crippen MR) is 145 cm³/mol. The maximum Gasteiger partial charge on any atom is 0.411 e. The molecule has 0 aromatic heterocycles. The number of aromatic carboxylic acids is 1. The molecule has 0 fully saturated rings. The topological polar surface area (TPSA) is 133 Å². The third kappa shape index (κ3) is 5.90. The van der Waals surface area contributed by atoms with Crippen LogP contribution in [0.1, 0.15) is 62.9 Å². The molecule has 0 unspecified atom stereocenters. The fourth-order valence-electron chi connectivity index (χ4n) is 4.82. The van der Waals surface area contributed by atoms with Crippen LogP contribution in [-0.2, 0) is 10.2 Å². The Labute approximate surface area is 258 Å². The molecule has 0 bridgehead atoms. The van der Waals surface area contributed by atoms with Crippen molar-refractivity contribution in [1.29, 1.82) is 0 Å². The lowest BCUT2D eigenvalue weighted by Crippen LogP contribution is -2.54. The number of carboxylic acids is 1. The number of carbonyl (C=O) groups excluding carboxylic acids is 4. The fraction of sp³-hybridized carbons (Fsp3) is 0.0938. The van der Waals surface area contributed by atoms with Gasteiger partial charge in [-0.05, 0) is 77.9 Å². The Bertz CT molecular complexity index is 1900. The summed E-state index contributed by atoms with van der Waals surface area (Å²) in [5.74, 6) is -6.23. The molecule has 0 amide bonds. The van der Waals surface area contributed by atoms with Gasteiger partial charge in [-0.25, -0.2) is 24.0 Å². The van der Waals surface area contributed by atoms with Gasteiger partial charge in [0.15, 0.2) is 0 Å². The van der Waals surface area contributed by atoms with Gasteiger partial charge in [0, 0.05) is 0 Å². The third-order valence-corrected chi connectivity index (χ3v) is 7.09. The van der Waals surface area contributed by atoms with Gasteiger partial charge in [0.2, 0.25) is 5.41 Å². The van der Waals surface area contributed by atoms with Crippen molar-refractivity contribution in [3.05, 3.63) is 130 Å². The molecule has 15 heteroatoms. The molecule has 47 heavy (non-hydrogen) atoms. The average molecular weight is 658 g/mol. The van der Waals surface area contributed by atoms with Crippen molar-refractivity contribution in [2.45, 2.75) is 17.8 Å². The highest BCUT2D eigenvalue weighted by Crippen LogP contribution is 2.56. The Morgan fingerprint density at radius 2 is 0.957 bits per heavy atom. The lowest BCUT2D eigenvalue weighted by molar-refractivity contribution is -0.288. The van der Waals surface area contributed by atoms with Crippen LogP contribution in [0.4, 0.5) is 26.3 Å². The quantitative estimate of drug-likeness (QED) is 0.102. The molecule has 240 valence electrons. The molecular formula is C32H16F6O9. The summed E-state index contributed by atoms with van der Waals surface area (Å²) in [6.07, 6.45) is -11.9. The number of ether oxygens (including phenoxy) is 3. The molecule has 0 atom stereocenters. The zero-order valence-electron chi connectivity index (χ0n) is 23.1. The molecule has 5 rings (SSSR count). The zero-order valence-corrected chi connectivity index (χ0v) is 23.1. The second-order valence-electron chi connectivity index (χ2n) is 9.89. The molecule has 4 aromatic rings. The van der Waals surface area contributed by atoms with E-state index in [0.717, 1.165) is 66.7 Å². The lowest BCUT2D eigenvalue weighted by Gasteiger charge is -2.38. The van der Waals surface area contributed by atoms with Crippen LogP contribution < -0.4 is 9.47 Å². The van der Waals surface area contributed by atoms with Gasteiger partial charge in [0.1, 0.15) is 11.5 Å². The summed E-state index contributed by atoms with van der Waals surface area (Å²) < 4.78 is 102. The Balaban J connectivity index is 1.42. The van der Waals surface area contributed by atoms with E-state index in [4.69, 9.17) is 14.6 Å². The van der Waals surface area contributed by atoms with E-state index in [-0.39, 0.29) is 27.8 Å². The molecule has 4 aromatic carbocycles. The number of hydrogen-bond donors (Lipinski definition) is 1. The number of halogens is 6. The van der Waals surface area contributed by atoms with Crippen molar-refractivity contribution in [3.8, 4) is 11.5 Å². The van der Waals surface area contributed by atoms with E-state index in [9.17, 15) is 50.3 Å². The monoisotopic (exact) mass is 658 g/mol. The normalized spacial score (nSPS) is 13.1. The third-order valence-electron chi connectivity index (χ3n) is 7.09. The number of esters is 4. The van der Waals surface area contributed by atoms with Crippen molar-refractivity contribution < 1.29 is 69.6 Å². The number of benzene rings is 4. The molecule has 1 N–H and O–H groups in total. The largest absolute Gasteiger partial charge is 0.478 e. The van der Waals surface area contributed by atoms with E-state index in [1.165, 1.54) is 0 Å². The van der Waals surface area contributed by atoms with Gasteiger partial charge in [0.05, 0.1) is 27.8 Å². The molecule has 0 radical (unpaired) electrons. The second kappa shape index (κ2) is 11.7. The van der Waals surface area contributed by atoms with Gasteiger partial charge in [-0.3, -0.25) is 0 Å². The minimum atomic E-state index is -5.95. The number of carboxylic acid groups (broad SMARTS) is 1. The number of rotatable bonds is 7. The Morgan fingerprint density at radius 3 is 1.40 bits per heavy atom. The van der Waals surface area contributed by atoms with Gasteiger partial charge >= 0.3 is 42.2 Å². The lowest BCUT2D eigenvalue weighted by atomic mass is 9.73. The fourth-order valence-corrected chi connectivity index (χ4v) is 4.82. The van der Waals surface area contributed by atoms with Crippen LogP contribution in [-0.4, -0.2) is 47.3 Å². The first-order valence-corrected chi connectivity index (χ1v) is 13.1. The smallest absolute Gasteiger partial charge is 0.411 e. The van der Waals surface area contributed by atoms with Gasteiger partial charge < -0.3 is 19.3 Å². The number of fused-ring (bicyclic) bond motifs is 1. The maximum absolute atomic E-state index is 14.6. The van der Waals surface area contributed by atoms with E-state index in [1.54, 1.807) is 0 Å². The first-order chi connectivity index (χ1) is 22.0. The molecule has 0 saturated heterocycles. The Morgan fingerprint density at radius 1 is 0.553 bits per heavy atom. The number of alkyl halides is 6. The molecule has 1 heterocycles. The number of carbonyl (C=O) groups is 5. The van der Waals surface area contributed by atoms with Gasteiger partial charge in [-0.2, -0.15) is 26.3 Å². The SMILES string of the molecule is O=C(O)c1ccc(C(=O)Oc2ccc(C(c3ccc(OC(=O)c4ccc5c(c4)C(=O)OC5=O)cc3)(C(F)(F)F)C(F)(F)F)cc2)cc1. The van der Waals surface area contributed by atoms with E-state index in [2.05, 4.69) is 4.74 Å². The summed E-state index contributed by atoms with van der Waals surface area (Å²) in [5, 5.41) is 8.95. The molecule has 9 nitrogen and oxygen atoms in total. The second-order valence-corrected chi connectivity index (χ2v) is 9.89. The van der Waals surface area contributed by atoms with Crippen LogP contribution in [0, 0.1) is 0 Å². The zero-order chi connectivity index (χ0) is 34.3. The standard InChI is InChI=1S/C32H16F6O9/c33-31(34,35)30(32(36,37)38,19-6-10-21(11-7-19)45-26(41)17-3-1-16(2-4-17)25(39)40)20-8-12-22(13-9-20)46-27(42)18-5-14-23-24(15-18)29(44)47-28(23)43/h1-15H,(H,39,40). The highest BCUT2D eigenvalue weighted by molar-refractivity contribution is 6.15. The van der Waals surface area contributed by atoms with Crippen molar-refractivity contribution in [2.24, 2.45) is 0 Å². The molecule has 0 aliphatic carbocycles. The van der Waals surface area contributed by atoms with Crippen LogP contribution in [0.2, 0.25) is 0 Å². The summed E-state index contributed by atoms with van der Waals surface area (Å²) in [5.41, 5.74) is -7.98. The summed E-state index contributed by atoms with van der Waals surface area (Å²) in [6.45, 7) is 0. The Hall–Kier alpha value is -5.99. The van der Waals surface area contributed by atoms with Gasteiger partial charge in [-0.15, -0.1) is 0 Å². The van der Waals surface area contributed by atoms with Crippen LogP contribution in [0.5, 0.6) is 11.5 Å². The van der Waals surface area contributed by atoms with Crippen LogP contribution in [0.3, 0.4) is 0 Å². The minimum Gasteiger partial charge on any atom is -0.478 e. The van der Waals surface area contributed by atoms with Crippen LogP contribution >= 0.6 is 0 Å². The van der Waals surface area contributed by atoms with Crippen molar-refractivity contribution in [1.82, 2.24) is 0 Å². The molecular weight excluding hydrogens is 642 g/mol. The van der Waals surface area contributed by atoms with Crippen molar-refractivity contribution >= 4 is 29.8 Å². The minimum absolute atomic E-state index is 0.106. The Kier molecular flexibility index (Phi) is 8.10. The van der Waals surface area contributed by atoms with Crippen LogP contribution in [0.15, 0.2) is 91.0 Å². The first kappa shape index (κ1) is 32.4. The summed E-state index contributed by atoms with van der Waals surface area (Å²) in [7, 11) is 0. The summed E-state index contributed by atoms with van der Waals surface area (Å²) in [6, 6.07) is 12.5. The van der Waals surface area contributed by atoms with Crippen molar-refractivity contribution in [2.75, 3.05) is 0 Å². The van der Waals surface area contributed by atoms with E-state index in [0.29, 0.717) is 24.3 Å². The first-order valence-electron chi connectivity index (χ1n) is 13.1. The summed E-state index contributed by atoms with van der Waals surface area (Å²) >= 11 is 0. The van der Waals surface area contributed by atoms with Crippen molar-refractivity contribution in [3.63, 3.8) is 0 Å². The van der Waals surface area contributed by atoms with Gasteiger partial charge in [-0.1, -0.05) is 24.3 Å². The summed E-state index contributed by atoms with van der Waals surface area (Å²) in [4.78, 5) is 59.3. The maximum atomic E-state index is 14.6. The van der Waals surface area contributed by atoms with E-state index in [1.807, 2.05) is 0 Å². The molecule has 1 aliphatic heterocycles. The van der Waals surface area contributed by atoms with Gasteiger partial charge in [0.25, 0.3) is 0 Å². The van der Waals surface area contributed by atoms with E-state index >= 15 is 0 Å². The highest BCUT2D eigenvalue weighted by Gasteiger charge is 2.72. The number of hydrogen-bond acceptors (Lipinski definition) is 8. The van der Waals surface area contributed by atoms with E-state index < -0.39 is 70.2 Å².